The summed E-state index contributed by atoms with van der Waals surface area (Å²) in [5.41, 5.74) is 3.91. The third kappa shape index (κ3) is 5.13. The second-order valence-corrected chi connectivity index (χ2v) is 5.98. The maximum atomic E-state index is 12.2. The topological polar surface area (TPSA) is 53.3 Å². The Morgan fingerprint density at radius 1 is 1.12 bits per heavy atom. The van der Waals surface area contributed by atoms with Gasteiger partial charge in [-0.15, -0.1) is 0 Å². The molecule has 0 fully saturated rings. The molecule has 0 unspecified atom stereocenters. The molecule has 0 heterocycles. The Labute approximate surface area is 143 Å². The molecule has 0 atom stereocenters. The summed E-state index contributed by atoms with van der Waals surface area (Å²) in [5, 5.41) is 8.80. The van der Waals surface area contributed by atoms with Gasteiger partial charge in [0, 0.05) is 13.6 Å². The molecule has 2 aromatic rings. The Bertz CT molecular complexity index is 725. The van der Waals surface area contributed by atoms with Crippen molar-refractivity contribution >= 4 is 5.91 Å². The largest absolute Gasteiger partial charge is 0.493 e. The Morgan fingerprint density at radius 3 is 2.33 bits per heavy atom. The van der Waals surface area contributed by atoms with Crippen molar-refractivity contribution in [1.82, 2.24) is 4.90 Å². The van der Waals surface area contributed by atoms with Crippen molar-refractivity contribution in [2.75, 3.05) is 13.7 Å². The van der Waals surface area contributed by atoms with Gasteiger partial charge in [0.2, 0.25) is 5.91 Å². The Hall–Kier alpha value is -2.80. The maximum Gasteiger partial charge on any atom is 0.226 e. The monoisotopic (exact) mass is 322 g/mol. The Morgan fingerprint density at radius 2 is 1.75 bits per heavy atom. The fourth-order valence-corrected chi connectivity index (χ4v) is 2.51. The number of amides is 1. The number of carbonyl (C=O) groups is 1. The van der Waals surface area contributed by atoms with Crippen molar-refractivity contribution in [2.24, 2.45) is 0 Å². The molecule has 0 saturated heterocycles. The van der Waals surface area contributed by atoms with E-state index >= 15 is 0 Å². The molecular formula is C20H22N2O2. The average Bonchev–Trinajstić information content (AvgIpc) is 2.54. The van der Waals surface area contributed by atoms with Gasteiger partial charge < -0.3 is 9.64 Å². The summed E-state index contributed by atoms with van der Waals surface area (Å²) in [6.07, 6.45) is 0.333. The van der Waals surface area contributed by atoms with Crippen LogP contribution in [0.3, 0.4) is 0 Å². The summed E-state index contributed by atoms with van der Waals surface area (Å²) in [6, 6.07) is 15.4. The summed E-state index contributed by atoms with van der Waals surface area (Å²) in [7, 11) is 1.78. The number of nitriles is 1. The summed E-state index contributed by atoms with van der Waals surface area (Å²) in [4.78, 5) is 13.9. The van der Waals surface area contributed by atoms with Gasteiger partial charge in [0.1, 0.15) is 5.75 Å². The molecule has 0 saturated carbocycles. The number of hydrogen-bond donors (Lipinski definition) is 0. The number of nitrogens with zero attached hydrogens (tertiary/aromatic N) is 2. The molecule has 124 valence electrons. The number of benzene rings is 2. The lowest BCUT2D eigenvalue weighted by molar-refractivity contribution is -0.130. The first-order valence-electron chi connectivity index (χ1n) is 7.92. The number of carbonyl (C=O) groups excluding carboxylic acids is 1. The molecule has 0 spiro atoms. The van der Waals surface area contributed by atoms with E-state index in [1.54, 1.807) is 24.1 Å². The van der Waals surface area contributed by atoms with E-state index < -0.39 is 0 Å². The Balaban J connectivity index is 1.81. The average molecular weight is 322 g/mol. The van der Waals surface area contributed by atoms with Crippen LogP contribution in [0.1, 0.15) is 28.7 Å². The molecule has 24 heavy (non-hydrogen) atoms. The van der Waals surface area contributed by atoms with Crippen LogP contribution in [0.25, 0.3) is 0 Å². The van der Waals surface area contributed by atoms with Gasteiger partial charge in [0.05, 0.1) is 24.7 Å². The third-order valence-corrected chi connectivity index (χ3v) is 3.71. The summed E-state index contributed by atoms with van der Waals surface area (Å²) in [5.74, 6) is 0.832. The SMILES string of the molecule is Cc1cc(C)cc(OCCC(=O)N(C)Cc2ccc(C#N)cc2)c1. The molecule has 0 aliphatic rings. The first kappa shape index (κ1) is 17.6. The van der Waals surface area contributed by atoms with E-state index in [1.807, 2.05) is 38.1 Å². The third-order valence-electron chi connectivity index (χ3n) is 3.71. The number of aryl methyl sites for hydroxylation is 2. The van der Waals surface area contributed by atoms with Gasteiger partial charge in [-0.1, -0.05) is 18.2 Å². The van der Waals surface area contributed by atoms with Gasteiger partial charge in [0.15, 0.2) is 0 Å². The highest BCUT2D eigenvalue weighted by atomic mass is 16.5. The lowest BCUT2D eigenvalue weighted by atomic mass is 10.1. The van der Waals surface area contributed by atoms with Crippen LogP contribution in [0.2, 0.25) is 0 Å². The van der Waals surface area contributed by atoms with Crippen molar-refractivity contribution in [1.29, 1.82) is 5.26 Å². The van der Waals surface area contributed by atoms with Crippen molar-refractivity contribution in [3.05, 3.63) is 64.7 Å². The number of ether oxygens (including phenoxy) is 1. The molecule has 2 rings (SSSR count). The van der Waals surface area contributed by atoms with Crippen molar-refractivity contribution in [3.8, 4) is 11.8 Å². The van der Waals surface area contributed by atoms with E-state index in [9.17, 15) is 4.79 Å². The van der Waals surface area contributed by atoms with Gasteiger partial charge in [-0.3, -0.25) is 4.79 Å². The predicted octanol–water partition coefficient (Wildman–Crippen LogP) is 3.60. The van der Waals surface area contributed by atoms with E-state index in [2.05, 4.69) is 12.1 Å². The van der Waals surface area contributed by atoms with Crippen LogP contribution < -0.4 is 4.74 Å². The quantitative estimate of drug-likeness (QED) is 0.816. The van der Waals surface area contributed by atoms with E-state index in [-0.39, 0.29) is 5.91 Å². The second kappa shape index (κ2) is 8.16. The molecule has 0 radical (unpaired) electrons. The lowest BCUT2D eigenvalue weighted by Gasteiger charge is -2.17. The normalized spacial score (nSPS) is 10.1. The number of hydrogen-bond acceptors (Lipinski definition) is 3. The van der Waals surface area contributed by atoms with Crippen LogP contribution in [0.4, 0.5) is 0 Å². The van der Waals surface area contributed by atoms with Gasteiger partial charge in [-0.25, -0.2) is 0 Å². The Kier molecular flexibility index (Phi) is 5.97. The molecule has 0 N–H and O–H groups in total. The molecule has 1 amide bonds. The van der Waals surface area contributed by atoms with Gasteiger partial charge >= 0.3 is 0 Å². The zero-order chi connectivity index (χ0) is 17.5. The zero-order valence-corrected chi connectivity index (χ0v) is 14.4. The molecule has 0 bridgehead atoms. The molecule has 2 aromatic carbocycles. The first-order chi connectivity index (χ1) is 11.5. The highest BCUT2D eigenvalue weighted by Gasteiger charge is 2.10. The van der Waals surface area contributed by atoms with Crippen LogP contribution in [0.5, 0.6) is 5.75 Å². The highest BCUT2D eigenvalue weighted by Crippen LogP contribution is 2.16. The fourth-order valence-electron chi connectivity index (χ4n) is 2.51. The summed E-state index contributed by atoms with van der Waals surface area (Å²) >= 11 is 0. The van der Waals surface area contributed by atoms with Crippen LogP contribution in [-0.4, -0.2) is 24.5 Å². The fraction of sp³-hybridized carbons (Fsp3) is 0.300. The lowest BCUT2D eigenvalue weighted by Crippen LogP contribution is -2.27. The van der Waals surface area contributed by atoms with E-state index in [0.717, 1.165) is 22.4 Å². The molecule has 0 aliphatic carbocycles. The molecule has 4 heteroatoms. The van der Waals surface area contributed by atoms with Crippen molar-refractivity contribution in [2.45, 2.75) is 26.8 Å². The zero-order valence-electron chi connectivity index (χ0n) is 14.4. The second-order valence-electron chi connectivity index (χ2n) is 5.98. The molecule has 0 aromatic heterocycles. The van der Waals surface area contributed by atoms with Crippen LogP contribution in [0, 0.1) is 25.2 Å². The maximum absolute atomic E-state index is 12.2. The standard InChI is InChI=1S/C20H22N2O2/c1-15-10-16(2)12-19(11-15)24-9-8-20(23)22(3)14-18-6-4-17(13-21)5-7-18/h4-7,10-12H,8-9,14H2,1-3H3. The smallest absolute Gasteiger partial charge is 0.226 e. The van der Waals surface area contributed by atoms with Crippen molar-refractivity contribution < 1.29 is 9.53 Å². The first-order valence-corrected chi connectivity index (χ1v) is 7.92. The van der Waals surface area contributed by atoms with Crippen LogP contribution in [-0.2, 0) is 11.3 Å². The van der Waals surface area contributed by atoms with Crippen molar-refractivity contribution in [3.63, 3.8) is 0 Å². The van der Waals surface area contributed by atoms with Crippen LogP contribution in [0.15, 0.2) is 42.5 Å². The highest BCUT2D eigenvalue weighted by molar-refractivity contribution is 5.76. The summed E-state index contributed by atoms with van der Waals surface area (Å²) in [6.45, 7) is 4.93. The minimum atomic E-state index is 0.0312. The molecule has 0 aliphatic heterocycles. The van der Waals surface area contributed by atoms with E-state index in [0.29, 0.717) is 25.1 Å². The minimum absolute atomic E-state index is 0.0312. The van der Waals surface area contributed by atoms with Gasteiger partial charge in [-0.2, -0.15) is 5.26 Å². The number of rotatable bonds is 6. The summed E-state index contributed by atoms with van der Waals surface area (Å²) < 4.78 is 5.69. The predicted molar refractivity (Wildman–Crippen MR) is 93.7 cm³/mol. The molecule has 4 nitrogen and oxygen atoms in total. The van der Waals surface area contributed by atoms with E-state index in [4.69, 9.17) is 10.00 Å². The minimum Gasteiger partial charge on any atom is -0.493 e. The van der Waals surface area contributed by atoms with Crippen LogP contribution >= 0.6 is 0 Å². The van der Waals surface area contributed by atoms with E-state index in [1.165, 1.54) is 0 Å². The molecular weight excluding hydrogens is 300 g/mol. The van der Waals surface area contributed by atoms with Gasteiger partial charge in [-0.05, 0) is 54.8 Å². The van der Waals surface area contributed by atoms with Gasteiger partial charge in [0.25, 0.3) is 0 Å².